The molecule has 84 valence electrons. The normalized spacial score (nSPS) is 17.6. The second kappa shape index (κ2) is 3.99. The molecule has 1 unspecified atom stereocenters. The Morgan fingerprint density at radius 3 is 3.19 bits per heavy atom. The fraction of sp³-hybridized carbons (Fsp3) is 0.455. The first kappa shape index (κ1) is 9.99. The maximum absolute atomic E-state index is 6.04. The van der Waals surface area contributed by atoms with Crippen LogP contribution in [0.4, 0.5) is 5.82 Å². The summed E-state index contributed by atoms with van der Waals surface area (Å²) in [4.78, 5) is 8.47. The number of hydrogen-bond acceptors (Lipinski definition) is 5. The van der Waals surface area contributed by atoms with Gasteiger partial charge in [0.05, 0.1) is 10.2 Å². The number of aromatic nitrogens is 2. The molecule has 3 rings (SSSR count). The second-order valence-corrected chi connectivity index (χ2v) is 5.16. The number of nitrogens with one attached hydrogen (secondary N) is 1. The first-order valence-electron chi connectivity index (χ1n) is 5.52. The van der Waals surface area contributed by atoms with E-state index in [0.29, 0.717) is 5.92 Å². The van der Waals surface area contributed by atoms with Gasteiger partial charge >= 0.3 is 0 Å². The standard InChI is InChI=1S/C11H14N4S/c12-8(7-1-2-7)5-13-11-10-9(3-4-16-10)14-6-15-11/h3-4,6-8H,1-2,5,12H2,(H,13,14,15). The van der Waals surface area contributed by atoms with Crippen LogP contribution >= 0.6 is 11.3 Å². The highest BCUT2D eigenvalue weighted by atomic mass is 32.1. The number of fused-ring (bicyclic) bond motifs is 1. The molecule has 1 aliphatic carbocycles. The summed E-state index contributed by atoms with van der Waals surface area (Å²) < 4.78 is 1.12. The van der Waals surface area contributed by atoms with Crippen LogP contribution in [0.3, 0.4) is 0 Å². The largest absolute Gasteiger partial charge is 0.367 e. The number of nitrogens with zero attached hydrogens (tertiary/aromatic N) is 2. The molecular formula is C11H14N4S. The highest BCUT2D eigenvalue weighted by molar-refractivity contribution is 7.17. The van der Waals surface area contributed by atoms with Crippen molar-refractivity contribution >= 4 is 27.4 Å². The molecule has 1 saturated carbocycles. The molecule has 0 aliphatic heterocycles. The fourth-order valence-corrected chi connectivity index (χ4v) is 2.63. The topological polar surface area (TPSA) is 63.8 Å². The van der Waals surface area contributed by atoms with Crippen molar-refractivity contribution < 1.29 is 0 Å². The molecule has 0 radical (unpaired) electrons. The number of rotatable bonds is 4. The van der Waals surface area contributed by atoms with E-state index in [-0.39, 0.29) is 6.04 Å². The monoisotopic (exact) mass is 234 g/mol. The molecule has 16 heavy (non-hydrogen) atoms. The maximum Gasteiger partial charge on any atom is 0.147 e. The molecule has 0 spiro atoms. The van der Waals surface area contributed by atoms with Crippen LogP contribution in [0.25, 0.3) is 10.2 Å². The van der Waals surface area contributed by atoms with Crippen LogP contribution in [0.1, 0.15) is 12.8 Å². The SMILES string of the molecule is NC(CNc1ncnc2ccsc12)C1CC1. The molecule has 4 nitrogen and oxygen atoms in total. The second-order valence-electron chi connectivity index (χ2n) is 4.24. The van der Waals surface area contributed by atoms with Gasteiger partial charge in [-0.2, -0.15) is 0 Å². The maximum atomic E-state index is 6.04. The minimum atomic E-state index is 0.255. The average molecular weight is 234 g/mol. The lowest BCUT2D eigenvalue weighted by Gasteiger charge is -2.12. The third kappa shape index (κ3) is 1.88. The molecule has 5 heteroatoms. The third-order valence-electron chi connectivity index (χ3n) is 2.98. The van der Waals surface area contributed by atoms with Crippen molar-refractivity contribution in [1.82, 2.24) is 9.97 Å². The molecule has 0 bridgehead atoms. The van der Waals surface area contributed by atoms with Gasteiger partial charge in [0.2, 0.25) is 0 Å². The van der Waals surface area contributed by atoms with Crippen molar-refractivity contribution in [2.75, 3.05) is 11.9 Å². The summed E-state index contributed by atoms with van der Waals surface area (Å²) in [6.45, 7) is 0.800. The molecule has 2 heterocycles. The van der Waals surface area contributed by atoms with Gasteiger partial charge in [0, 0.05) is 12.6 Å². The van der Waals surface area contributed by atoms with Gasteiger partial charge in [-0.05, 0) is 30.2 Å². The van der Waals surface area contributed by atoms with Gasteiger partial charge < -0.3 is 11.1 Å². The zero-order valence-corrected chi connectivity index (χ0v) is 9.70. The van der Waals surface area contributed by atoms with Gasteiger partial charge in [-0.1, -0.05) is 0 Å². The Hall–Kier alpha value is -1.20. The lowest BCUT2D eigenvalue weighted by Crippen LogP contribution is -2.31. The summed E-state index contributed by atoms with van der Waals surface area (Å²) >= 11 is 1.66. The molecule has 1 fully saturated rings. The van der Waals surface area contributed by atoms with E-state index in [1.165, 1.54) is 12.8 Å². The summed E-state index contributed by atoms with van der Waals surface area (Å²) in [5, 5.41) is 5.36. The lowest BCUT2D eigenvalue weighted by molar-refractivity contribution is 0.620. The van der Waals surface area contributed by atoms with Crippen LogP contribution in [0.15, 0.2) is 17.8 Å². The van der Waals surface area contributed by atoms with E-state index in [1.54, 1.807) is 17.7 Å². The number of nitrogens with two attached hydrogens (primary N) is 1. The van der Waals surface area contributed by atoms with E-state index in [2.05, 4.69) is 15.3 Å². The zero-order valence-electron chi connectivity index (χ0n) is 8.89. The van der Waals surface area contributed by atoms with Gasteiger partial charge in [-0.3, -0.25) is 0 Å². The minimum Gasteiger partial charge on any atom is -0.367 e. The van der Waals surface area contributed by atoms with E-state index >= 15 is 0 Å². The van der Waals surface area contributed by atoms with Gasteiger partial charge in [0.25, 0.3) is 0 Å². The van der Waals surface area contributed by atoms with E-state index in [4.69, 9.17) is 5.73 Å². The third-order valence-corrected chi connectivity index (χ3v) is 3.89. The van der Waals surface area contributed by atoms with Gasteiger partial charge in [0.15, 0.2) is 0 Å². The smallest absolute Gasteiger partial charge is 0.147 e. The van der Waals surface area contributed by atoms with E-state index in [0.717, 1.165) is 22.6 Å². The quantitative estimate of drug-likeness (QED) is 0.847. The first-order chi connectivity index (χ1) is 7.84. The Kier molecular flexibility index (Phi) is 2.49. The van der Waals surface area contributed by atoms with Crippen molar-refractivity contribution in [3.63, 3.8) is 0 Å². The van der Waals surface area contributed by atoms with Crippen LogP contribution in [-0.2, 0) is 0 Å². The Balaban J connectivity index is 1.75. The number of hydrogen-bond donors (Lipinski definition) is 2. The summed E-state index contributed by atoms with van der Waals surface area (Å²) in [7, 11) is 0. The molecule has 0 saturated heterocycles. The highest BCUT2D eigenvalue weighted by Crippen LogP contribution is 2.32. The van der Waals surface area contributed by atoms with Crippen molar-refractivity contribution in [1.29, 1.82) is 0 Å². The van der Waals surface area contributed by atoms with Crippen LogP contribution in [0, 0.1) is 5.92 Å². The minimum absolute atomic E-state index is 0.255. The van der Waals surface area contributed by atoms with Crippen molar-refractivity contribution in [3.05, 3.63) is 17.8 Å². The highest BCUT2D eigenvalue weighted by Gasteiger charge is 2.28. The molecule has 1 atom stereocenters. The van der Waals surface area contributed by atoms with Crippen LogP contribution in [0.2, 0.25) is 0 Å². The number of anilines is 1. The molecule has 0 amide bonds. The molecular weight excluding hydrogens is 220 g/mol. The van der Waals surface area contributed by atoms with Crippen molar-refractivity contribution in [2.45, 2.75) is 18.9 Å². The first-order valence-corrected chi connectivity index (χ1v) is 6.40. The summed E-state index contributed by atoms with van der Waals surface area (Å²) in [5.41, 5.74) is 7.05. The Bertz CT molecular complexity index is 491. The average Bonchev–Trinajstić information content (AvgIpc) is 3.04. The summed E-state index contributed by atoms with van der Waals surface area (Å²) in [6, 6.07) is 2.26. The molecule has 2 aromatic heterocycles. The Morgan fingerprint density at radius 2 is 2.38 bits per heavy atom. The van der Waals surface area contributed by atoms with Crippen LogP contribution in [0.5, 0.6) is 0 Å². The molecule has 2 aromatic rings. The molecule has 1 aliphatic rings. The zero-order chi connectivity index (χ0) is 11.0. The van der Waals surface area contributed by atoms with Crippen LogP contribution in [-0.4, -0.2) is 22.6 Å². The number of thiophene rings is 1. The lowest BCUT2D eigenvalue weighted by atomic mass is 10.2. The predicted molar refractivity (Wildman–Crippen MR) is 66.6 cm³/mol. The van der Waals surface area contributed by atoms with Crippen LogP contribution < -0.4 is 11.1 Å². The van der Waals surface area contributed by atoms with Gasteiger partial charge in [-0.25, -0.2) is 9.97 Å². The van der Waals surface area contributed by atoms with Gasteiger partial charge in [-0.15, -0.1) is 11.3 Å². The van der Waals surface area contributed by atoms with E-state index < -0.39 is 0 Å². The molecule has 3 N–H and O–H groups in total. The predicted octanol–water partition coefficient (Wildman–Crippen LogP) is 1.84. The molecule has 0 aromatic carbocycles. The summed E-state index contributed by atoms with van der Waals surface area (Å²) in [6.07, 6.45) is 4.15. The van der Waals surface area contributed by atoms with E-state index in [9.17, 15) is 0 Å². The van der Waals surface area contributed by atoms with Gasteiger partial charge in [0.1, 0.15) is 12.1 Å². The van der Waals surface area contributed by atoms with Crippen molar-refractivity contribution in [2.24, 2.45) is 11.7 Å². The fourth-order valence-electron chi connectivity index (χ4n) is 1.82. The van der Waals surface area contributed by atoms with E-state index in [1.807, 2.05) is 11.4 Å². The Labute approximate surface area is 97.9 Å². The van der Waals surface area contributed by atoms with Crippen molar-refractivity contribution in [3.8, 4) is 0 Å². The summed E-state index contributed by atoms with van der Waals surface area (Å²) in [5.74, 6) is 1.63. The Morgan fingerprint density at radius 1 is 1.50 bits per heavy atom.